The molecule has 0 saturated heterocycles. The van der Waals surface area contributed by atoms with Crippen LogP contribution < -0.4 is 5.32 Å². The van der Waals surface area contributed by atoms with Gasteiger partial charge >= 0.3 is 0 Å². The van der Waals surface area contributed by atoms with Crippen LogP contribution in [0.15, 0.2) is 12.3 Å². The first-order valence-electron chi connectivity index (χ1n) is 3.53. The van der Waals surface area contributed by atoms with E-state index in [0.717, 1.165) is 18.7 Å². The lowest BCUT2D eigenvalue weighted by Crippen LogP contribution is -1.94. The molecule has 0 spiro atoms. The maximum Gasteiger partial charge on any atom is 0.163 e. The second-order valence-electron chi connectivity index (χ2n) is 2.48. The molecule has 0 bridgehead atoms. The van der Waals surface area contributed by atoms with E-state index in [1.165, 1.54) is 5.56 Å². The Hall–Kier alpha value is -1.56. The van der Waals surface area contributed by atoms with Crippen molar-refractivity contribution in [1.82, 2.24) is 4.98 Å². The Morgan fingerprint density at radius 1 is 1.64 bits per heavy atom. The van der Waals surface area contributed by atoms with E-state index >= 15 is 0 Å². The molecule has 11 heavy (non-hydrogen) atoms. The van der Waals surface area contributed by atoms with E-state index in [2.05, 4.69) is 16.4 Å². The van der Waals surface area contributed by atoms with Crippen molar-refractivity contribution in [2.24, 2.45) is 0 Å². The van der Waals surface area contributed by atoms with Crippen molar-refractivity contribution in [3.8, 4) is 6.07 Å². The standard InChI is InChI=1S/C8H7N3/c9-5-7-8-6(1-3-10-7)2-4-11-8/h1,3,11H,2,4H2. The maximum absolute atomic E-state index is 8.65. The van der Waals surface area contributed by atoms with Gasteiger partial charge in [-0.1, -0.05) is 0 Å². The summed E-state index contributed by atoms with van der Waals surface area (Å²) in [4.78, 5) is 3.95. The van der Waals surface area contributed by atoms with Crippen LogP contribution >= 0.6 is 0 Å². The molecule has 2 heterocycles. The first-order valence-corrected chi connectivity index (χ1v) is 3.53. The minimum Gasteiger partial charge on any atom is -0.382 e. The second-order valence-corrected chi connectivity index (χ2v) is 2.48. The molecular weight excluding hydrogens is 138 g/mol. The molecule has 3 heteroatoms. The van der Waals surface area contributed by atoms with Gasteiger partial charge in [-0.25, -0.2) is 4.98 Å². The highest BCUT2D eigenvalue weighted by Crippen LogP contribution is 2.23. The molecule has 0 radical (unpaired) electrons. The Morgan fingerprint density at radius 3 is 3.36 bits per heavy atom. The first kappa shape index (κ1) is 6.17. The predicted octanol–water partition coefficient (Wildman–Crippen LogP) is 0.921. The van der Waals surface area contributed by atoms with E-state index in [4.69, 9.17) is 5.26 Å². The van der Waals surface area contributed by atoms with Crippen LogP contribution in [0.1, 0.15) is 11.3 Å². The lowest BCUT2D eigenvalue weighted by molar-refractivity contribution is 1.10. The van der Waals surface area contributed by atoms with Gasteiger partial charge in [0.1, 0.15) is 6.07 Å². The fourth-order valence-electron chi connectivity index (χ4n) is 1.31. The number of hydrogen-bond acceptors (Lipinski definition) is 3. The first-order chi connectivity index (χ1) is 5.42. The third kappa shape index (κ3) is 0.838. The molecule has 0 saturated carbocycles. The van der Waals surface area contributed by atoms with Gasteiger partial charge in [-0.05, 0) is 18.1 Å². The Balaban J connectivity index is 2.61. The van der Waals surface area contributed by atoms with Crippen molar-refractivity contribution in [3.63, 3.8) is 0 Å². The van der Waals surface area contributed by atoms with Gasteiger partial charge in [0.15, 0.2) is 5.69 Å². The van der Waals surface area contributed by atoms with E-state index < -0.39 is 0 Å². The zero-order valence-electron chi connectivity index (χ0n) is 5.96. The molecule has 0 unspecified atom stereocenters. The minimum absolute atomic E-state index is 0.514. The van der Waals surface area contributed by atoms with Crippen LogP contribution in [0.5, 0.6) is 0 Å². The molecule has 0 amide bonds. The molecule has 0 atom stereocenters. The van der Waals surface area contributed by atoms with Gasteiger partial charge in [-0.15, -0.1) is 0 Å². The molecule has 1 aliphatic rings. The SMILES string of the molecule is N#Cc1nccc2c1NCC2. The van der Waals surface area contributed by atoms with E-state index in [1.54, 1.807) is 6.20 Å². The van der Waals surface area contributed by atoms with E-state index in [0.29, 0.717) is 5.69 Å². The fraction of sp³-hybridized carbons (Fsp3) is 0.250. The predicted molar refractivity (Wildman–Crippen MR) is 41.1 cm³/mol. The Bertz CT molecular complexity index is 325. The highest BCUT2D eigenvalue weighted by Gasteiger charge is 2.13. The molecule has 3 nitrogen and oxygen atoms in total. The molecule has 0 aliphatic carbocycles. The van der Waals surface area contributed by atoms with Gasteiger partial charge in [-0.3, -0.25) is 0 Å². The zero-order valence-corrected chi connectivity index (χ0v) is 5.96. The zero-order chi connectivity index (χ0) is 7.68. The molecule has 1 aromatic rings. The summed E-state index contributed by atoms with van der Waals surface area (Å²) in [5.74, 6) is 0. The number of nitrogens with zero attached hydrogens (tertiary/aromatic N) is 2. The minimum atomic E-state index is 0.514. The quantitative estimate of drug-likeness (QED) is 0.590. The highest BCUT2D eigenvalue weighted by molar-refractivity contribution is 5.62. The summed E-state index contributed by atoms with van der Waals surface area (Å²) in [7, 11) is 0. The van der Waals surface area contributed by atoms with Crippen molar-refractivity contribution in [1.29, 1.82) is 5.26 Å². The Morgan fingerprint density at radius 2 is 2.55 bits per heavy atom. The molecule has 1 aromatic heterocycles. The van der Waals surface area contributed by atoms with Crippen molar-refractivity contribution >= 4 is 5.69 Å². The van der Waals surface area contributed by atoms with E-state index in [9.17, 15) is 0 Å². The smallest absolute Gasteiger partial charge is 0.163 e. The number of hydrogen-bond donors (Lipinski definition) is 1. The van der Waals surface area contributed by atoms with Gasteiger partial charge in [0.25, 0.3) is 0 Å². The molecule has 54 valence electrons. The topological polar surface area (TPSA) is 48.7 Å². The van der Waals surface area contributed by atoms with Gasteiger partial charge in [0, 0.05) is 12.7 Å². The van der Waals surface area contributed by atoms with Crippen LogP contribution in [0, 0.1) is 11.3 Å². The van der Waals surface area contributed by atoms with Crippen LogP contribution in [-0.2, 0) is 6.42 Å². The number of pyridine rings is 1. The number of anilines is 1. The van der Waals surface area contributed by atoms with Crippen molar-refractivity contribution in [2.45, 2.75) is 6.42 Å². The third-order valence-electron chi connectivity index (χ3n) is 1.84. The maximum atomic E-state index is 8.65. The largest absolute Gasteiger partial charge is 0.382 e. The van der Waals surface area contributed by atoms with Crippen LogP contribution in [0.3, 0.4) is 0 Å². The average molecular weight is 145 g/mol. The van der Waals surface area contributed by atoms with Crippen LogP contribution in [0.2, 0.25) is 0 Å². The van der Waals surface area contributed by atoms with E-state index in [-0.39, 0.29) is 0 Å². The normalized spacial score (nSPS) is 13.4. The van der Waals surface area contributed by atoms with Crippen molar-refractivity contribution in [3.05, 3.63) is 23.5 Å². The Kier molecular flexibility index (Phi) is 1.26. The van der Waals surface area contributed by atoms with E-state index in [1.807, 2.05) is 6.07 Å². The molecule has 2 rings (SSSR count). The summed E-state index contributed by atoms with van der Waals surface area (Å²) >= 11 is 0. The second kappa shape index (κ2) is 2.24. The summed E-state index contributed by atoms with van der Waals surface area (Å²) in [6.45, 7) is 0.926. The van der Waals surface area contributed by atoms with Crippen LogP contribution in [0.4, 0.5) is 5.69 Å². The van der Waals surface area contributed by atoms with Crippen LogP contribution in [0.25, 0.3) is 0 Å². The molecule has 1 aliphatic heterocycles. The summed E-state index contributed by atoms with van der Waals surface area (Å²) in [6, 6.07) is 4.01. The number of nitriles is 1. The fourth-order valence-corrected chi connectivity index (χ4v) is 1.31. The molecular formula is C8H7N3. The average Bonchev–Trinajstić information content (AvgIpc) is 2.50. The lowest BCUT2D eigenvalue weighted by Gasteiger charge is -1.98. The highest BCUT2D eigenvalue weighted by atomic mass is 14.9. The summed E-state index contributed by atoms with van der Waals surface area (Å²) in [5, 5.41) is 11.8. The summed E-state index contributed by atoms with van der Waals surface area (Å²) in [6.07, 6.45) is 2.69. The van der Waals surface area contributed by atoms with Crippen molar-refractivity contribution < 1.29 is 0 Å². The monoisotopic (exact) mass is 145 g/mol. The summed E-state index contributed by atoms with van der Waals surface area (Å²) < 4.78 is 0. The number of fused-ring (bicyclic) bond motifs is 1. The number of aromatic nitrogens is 1. The molecule has 1 N–H and O–H groups in total. The number of rotatable bonds is 0. The van der Waals surface area contributed by atoms with Crippen LogP contribution in [-0.4, -0.2) is 11.5 Å². The van der Waals surface area contributed by atoms with Gasteiger partial charge in [0.05, 0.1) is 5.69 Å². The number of nitrogens with one attached hydrogen (secondary N) is 1. The lowest BCUT2D eigenvalue weighted by atomic mass is 10.2. The van der Waals surface area contributed by atoms with Gasteiger partial charge in [0.2, 0.25) is 0 Å². The van der Waals surface area contributed by atoms with Crippen molar-refractivity contribution in [2.75, 3.05) is 11.9 Å². The Labute approximate surface area is 64.7 Å². The van der Waals surface area contributed by atoms with Gasteiger partial charge < -0.3 is 5.32 Å². The van der Waals surface area contributed by atoms with Gasteiger partial charge in [-0.2, -0.15) is 5.26 Å². The third-order valence-corrected chi connectivity index (χ3v) is 1.84. The molecule has 0 aromatic carbocycles. The molecule has 0 fully saturated rings. The summed E-state index contributed by atoms with van der Waals surface area (Å²) in [5.41, 5.74) is 2.64.